The van der Waals surface area contributed by atoms with Crippen LogP contribution in [0.2, 0.25) is 0 Å². The Balaban J connectivity index is 0. The van der Waals surface area contributed by atoms with Gasteiger partial charge in [0.05, 0.1) is 13.2 Å². The third-order valence-electron chi connectivity index (χ3n) is 2.49. The molecule has 0 amide bonds. The standard InChI is InChI=1S/2C8H16O/c2*1-2-3-4-5-6-7-8-9/h2*6-7,9H,2-5,8H2,1H3. The lowest BCUT2D eigenvalue weighted by atomic mass is 10.2. The van der Waals surface area contributed by atoms with Crippen molar-refractivity contribution in [3.63, 3.8) is 0 Å². The van der Waals surface area contributed by atoms with Gasteiger partial charge in [0.2, 0.25) is 0 Å². The fraction of sp³-hybridized carbons (Fsp3) is 0.750. The summed E-state index contributed by atoms with van der Waals surface area (Å²) in [6, 6.07) is 0. The van der Waals surface area contributed by atoms with Gasteiger partial charge in [-0.15, -0.1) is 0 Å². The molecule has 2 N–H and O–H groups in total. The molecule has 0 spiro atoms. The van der Waals surface area contributed by atoms with Gasteiger partial charge < -0.3 is 10.2 Å². The van der Waals surface area contributed by atoms with Crippen LogP contribution in [0.4, 0.5) is 0 Å². The number of hydrogen-bond donors (Lipinski definition) is 2. The second kappa shape index (κ2) is 21.7. The molecule has 0 unspecified atom stereocenters. The summed E-state index contributed by atoms with van der Waals surface area (Å²) >= 11 is 0. The molecule has 0 saturated carbocycles. The summed E-state index contributed by atoms with van der Waals surface area (Å²) in [7, 11) is 0. The van der Waals surface area contributed by atoms with E-state index < -0.39 is 0 Å². The van der Waals surface area contributed by atoms with Crippen molar-refractivity contribution in [2.24, 2.45) is 0 Å². The van der Waals surface area contributed by atoms with E-state index in [9.17, 15) is 0 Å². The Labute approximate surface area is 113 Å². The third kappa shape index (κ3) is 24.6. The summed E-state index contributed by atoms with van der Waals surface area (Å²) in [5.41, 5.74) is 0. The Hall–Kier alpha value is -0.600. The molecule has 2 nitrogen and oxygen atoms in total. The Bertz CT molecular complexity index is 154. The summed E-state index contributed by atoms with van der Waals surface area (Å²) in [4.78, 5) is 0. The molecule has 0 aliphatic rings. The topological polar surface area (TPSA) is 40.5 Å². The molecule has 0 saturated heterocycles. The van der Waals surface area contributed by atoms with E-state index in [0.717, 1.165) is 12.8 Å². The smallest absolute Gasteiger partial charge is 0.0612 e. The van der Waals surface area contributed by atoms with Gasteiger partial charge in [-0.2, -0.15) is 0 Å². The molecule has 0 aliphatic heterocycles. The number of aliphatic hydroxyl groups excluding tert-OH is 2. The number of hydrogen-bond acceptors (Lipinski definition) is 2. The molecule has 0 fully saturated rings. The van der Waals surface area contributed by atoms with Gasteiger partial charge in [0.15, 0.2) is 0 Å². The molecule has 18 heavy (non-hydrogen) atoms. The highest BCUT2D eigenvalue weighted by atomic mass is 16.3. The van der Waals surface area contributed by atoms with Gasteiger partial charge in [-0.05, 0) is 25.7 Å². The van der Waals surface area contributed by atoms with Crippen LogP contribution in [0, 0.1) is 0 Å². The van der Waals surface area contributed by atoms with Crippen molar-refractivity contribution in [3.8, 4) is 0 Å². The van der Waals surface area contributed by atoms with E-state index in [4.69, 9.17) is 10.2 Å². The number of rotatable bonds is 10. The van der Waals surface area contributed by atoms with Crippen molar-refractivity contribution >= 4 is 0 Å². The molecule has 0 bridgehead atoms. The average Bonchev–Trinajstić information content (AvgIpc) is 2.39. The van der Waals surface area contributed by atoms with Crippen molar-refractivity contribution in [1.29, 1.82) is 0 Å². The van der Waals surface area contributed by atoms with Gasteiger partial charge in [0.1, 0.15) is 0 Å². The first-order valence-electron chi connectivity index (χ1n) is 7.35. The van der Waals surface area contributed by atoms with Crippen molar-refractivity contribution in [1.82, 2.24) is 0 Å². The third-order valence-corrected chi connectivity index (χ3v) is 2.49. The largest absolute Gasteiger partial charge is 0.392 e. The van der Waals surface area contributed by atoms with E-state index in [1.54, 1.807) is 12.2 Å². The molecule has 0 radical (unpaired) electrons. The van der Waals surface area contributed by atoms with Gasteiger partial charge >= 0.3 is 0 Å². The van der Waals surface area contributed by atoms with Crippen molar-refractivity contribution < 1.29 is 10.2 Å². The normalized spacial score (nSPS) is 10.9. The highest BCUT2D eigenvalue weighted by Gasteiger charge is 1.80. The van der Waals surface area contributed by atoms with Crippen LogP contribution in [0.1, 0.15) is 65.2 Å². The zero-order valence-electron chi connectivity index (χ0n) is 12.3. The van der Waals surface area contributed by atoms with Gasteiger partial charge in [-0.1, -0.05) is 63.8 Å². The Morgan fingerprint density at radius 1 is 0.611 bits per heavy atom. The van der Waals surface area contributed by atoms with E-state index in [-0.39, 0.29) is 13.2 Å². The molecular weight excluding hydrogens is 224 g/mol. The van der Waals surface area contributed by atoms with Gasteiger partial charge in [-0.25, -0.2) is 0 Å². The highest BCUT2D eigenvalue weighted by Crippen LogP contribution is 1.99. The number of unbranched alkanes of at least 4 members (excludes halogenated alkanes) is 6. The average molecular weight is 256 g/mol. The molecule has 0 rings (SSSR count). The van der Waals surface area contributed by atoms with Gasteiger partial charge in [0, 0.05) is 0 Å². The fourth-order valence-electron chi connectivity index (χ4n) is 1.41. The van der Waals surface area contributed by atoms with Crippen molar-refractivity contribution in [2.75, 3.05) is 13.2 Å². The Morgan fingerprint density at radius 2 is 1.00 bits per heavy atom. The molecule has 0 atom stereocenters. The van der Waals surface area contributed by atoms with Crippen LogP contribution < -0.4 is 0 Å². The monoisotopic (exact) mass is 256 g/mol. The summed E-state index contributed by atoms with van der Waals surface area (Å²) in [6.45, 7) is 4.75. The first-order chi connectivity index (χ1) is 8.83. The maximum Gasteiger partial charge on any atom is 0.0612 e. The molecule has 0 aromatic heterocycles. The molecule has 0 aromatic carbocycles. The van der Waals surface area contributed by atoms with Crippen LogP contribution in [0.5, 0.6) is 0 Å². The molecule has 2 heteroatoms. The van der Waals surface area contributed by atoms with E-state index >= 15 is 0 Å². The van der Waals surface area contributed by atoms with E-state index in [2.05, 4.69) is 13.8 Å². The van der Waals surface area contributed by atoms with Crippen LogP contribution in [0.15, 0.2) is 24.3 Å². The fourth-order valence-corrected chi connectivity index (χ4v) is 1.41. The van der Waals surface area contributed by atoms with Crippen LogP contribution in [0.3, 0.4) is 0 Å². The predicted octanol–water partition coefficient (Wildman–Crippen LogP) is 4.23. The second-order valence-corrected chi connectivity index (χ2v) is 4.30. The predicted molar refractivity (Wildman–Crippen MR) is 80.7 cm³/mol. The number of aliphatic hydroxyl groups is 2. The lowest BCUT2D eigenvalue weighted by Gasteiger charge is -1.89. The van der Waals surface area contributed by atoms with E-state index in [0.29, 0.717) is 0 Å². The zero-order chi connectivity index (χ0) is 13.9. The van der Waals surface area contributed by atoms with Gasteiger partial charge in [-0.3, -0.25) is 0 Å². The maximum atomic E-state index is 8.34. The minimum Gasteiger partial charge on any atom is -0.392 e. The quantitative estimate of drug-likeness (QED) is 0.453. The van der Waals surface area contributed by atoms with Crippen LogP contribution >= 0.6 is 0 Å². The minimum atomic E-state index is 0.187. The molecule has 108 valence electrons. The highest BCUT2D eigenvalue weighted by molar-refractivity contribution is 4.80. The lowest BCUT2D eigenvalue weighted by Crippen LogP contribution is -1.73. The molecule has 0 aliphatic carbocycles. The van der Waals surface area contributed by atoms with Gasteiger partial charge in [0.25, 0.3) is 0 Å². The Morgan fingerprint density at radius 3 is 1.28 bits per heavy atom. The van der Waals surface area contributed by atoms with Crippen LogP contribution in [-0.4, -0.2) is 23.4 Å². The number of allylic oxidation sites excluding steroid dienone is 2. The SMILES string of the molecule is CCCCCC=CCO.CCCCCC=CCO. The van der Waals surface area contributed by atoms with E-state index in [1.807, 2.05) is 12.2 Å². The second-order valence-electron chi connectivity index (χ2n) is 4.30. The maximum absolute atomic E-state index is 8.34. The van der Waals surface area contributed by atoms with E-state index in [1.165, 1.54) is 38.5 Å². The molecular formula is C16H32O2. The van der Waals surface area contributed by atoms with Crippen LogP contribution in [0.25, 0.3) is 0 Å². The first-order valence-corrected chi connectivity index (χ1v) is 7.35. The van der Waals surface area contributed by atoms with Crippen LogP contribution in [-0.2, 0) is 0 Å². The Kier molecular flexibility index (Phi) is 23.7. The summed E-state index contributed by atoms with van der Waals surface area (Å²) in [6.07, 6.45) is 17.6. The minimum absolute atomic E-state index is 0.187. The summed E-state index contributed by atoms with van der Waals surface area (Å²) in [5.74, 6) is 0. The molecule has 0 aromatic rings. The van der Waals surface area contributed by atoms with Crippen molar-refractivity contribution in [3.05, 3.63) is 24.3 Å². The van der Waals surface area contributed by atoms with Crippen molar-refractivity contribution in [2.45, 2.75) is 65.2 Å². The zero-order valence-corrected chi connectivity index (χ0v) is 12.3. The first kappa shape index (κ1) is 19.7. The summed E-state index contributed by atoms with van der Waals surface area (Å²) < 4.78 is 0. The molecule has 0 heterocycles. The lowest BCUT2D eigenvalue weighted by molar-refractivity contribution is 0.342. The summed E-state index contributed by atoms with van der Waals surface area (Å²) in [5, 5.41) is 16.7.